The molecule has 0 aromatic carbocycles. The van der Waals surface area contributed by atoms with Gasteiger partial charge in [0.15, 0.2) is 0 Å². The summed E-state index contributed by atoms with van der Waals surface area (Å²) in [4.78, 5) is 11.1. The Bertz CT molecular complexity index is 269. The van der Waals surface area contributed by atoms with E-state index in [9.17, 15) is 4.79 Å². The Morgan fingerprint density at radius 3 is 2.57 bits per heavy atom. The van der Waals surface area contributed by atoms with E-state index in [1.165, 1.54) is 6.42 Å². The van der Waals surface area contributed by atoms with E-state index in [0.29, 0.717) is 29.7 Å². The second-order valence-corrected chi connectivity index (χ2v) is 5.00. The average Bonchev–Trinajstić information content (AvgIpc) is 2.61. The Morgan fingerprint density at radius 1 is 1.36 bits per heavy atom. The van der Waals surface area contributed by atoms with Crippen LogP contribution in [0, 0.1) is 23.7 Å². The van der Waals surface area contributed by atoms with Crippen molar-refractivity contribution in [3.8, 4) is 0 Å². The fourth-order valence-electron chi connectivity index (χ4n) is 3.21. The first-order valence-electron chi connectivity index (χ1n) is 5.55. The van der Waals surface area contributed by atoms with Crippen molar-refractivity contribution in [1.29, 1.82) is 0 Å². The molecular weight excluding hydrogens is 174 g/mol. The lowest BCUT2D eigenvalue weighted by atomic mass is 9.80. The van der Waals surface area contributed by atoms with Gasteiger partial charge in [0.05, 0.1) is 0 Å². The number of carbonyl (C=O) groups excluding carboxylic acids is 1. The van der Waals surface area contributed by atoms with Crippen LogP contribution in [-0.4, -0.2) is 11.9 Å². The van der Waals surface area contributed by atoms with Crippen LogP contribution in [-0.2, 0) is 4.79 Å². The second kappa shape index (κ2) is 3.41. The summed E-state index contributed by atoms with van der Waals surface area (Å²) in [6.45, 7) is 6.13. The molecule has 0 saturated heterocycles. The number of fused-ring (bicyclic) bond motifs is 2. The highest BCUT2D eigenvalue weighted by Gasteiger charge is 2.45. The second-order valence-electron chi connectivity index (χ2n) is 5.00. The fourth-order valence-corrected chi connectivity index (χ4v) is 3.21. The Hall–Kier alpha value is -0.790. The highest BCUT2D eigenvalue weighted by Crippen LogP contribution is 2.46. The van der Waals surface area contributed by atoms with Crippen LogP contribution in [0.1, 0.15) is 27.2 Å². The number of carbonyl (C=O) groups is 1. The molecule has 1 fully saturated rings. The first kappa shape index (κ1) is 9.75. The molecule has 2 aliphatic carbocycles. The predicted molar refractivity (Wildman–Crippen MR) is 56.7 cm³/mol. The van der Waals surface area contributed by atoms with Crippen molar-refractivity contribution in [1.82, 2.24) is 5.32 Å². The van der Waals surface area contributed by atoms with Crippen molar-refractivity contribution in [3.05, 3.63) is 12.2 Å². The molecule has 1 saturated carbocycles. The van der Waals surface area contributed by atoms with Gasteiger partial charge < -0.3 is 5.32 Å². The maximum Gasteiger partial charge on any atom is 0.217 e. The summed E-state index contributed by atoms with van der Waals surface area (Å²) < 4.78 is 0. The highest BCUT2D eigenvalue weighted by atomic mass is 16.1. The number of rotatable bonds is 2. The minimum Gasteiger partial charge on any atom is -0.353 e. The summed E-state index contributed by atoms with van der Waals surface area (Å²) in [5, 5.41) is 3.11. The molecule has 78 valence electrons. The summed E-state index contributed by atoms with van der Waals surface area (Å²) >= 11 is 0. The molecular formula is C12H19NO. The number of hydrogen-bond donors (Lipinski definition) is 1. The maximum atomic E-state index is 11.1. The van der Waals surface area contributed by atoms with Crippen molar-refractivity contribution >= 4 is 5.91 Å². The van der Waals surface area contributed by atoms with E-state index in [0.717, 1.165) is 0 Å². The van der Waals surface area contributed by atoms with E-state index < -0.39 is 0 Å². The molecule has 14 heavy (non-hydrogen) atoms. The number of nitrogens with one attached hydrogen (secondary N) is 1. The zero-order valence-corrected chi connectivity index (χ0v) is 9.16. The van der Waals surface area contributed by atoms with Crippen molar-refractivity contribution in [2.24, 2.45) is 23.7 Å². The number of allylic oxidation sites excluding steroid dienone is 1. The van der Waals surface area contributed by atoms with Crippen molar-refractivity contribution in [2.45, 2.75) is 33.2 Å². The molecule has 1 amide bonds. The maximum absolute atomic E-state index is 11.1. The van der Waals surface area contributed by atoms with Crippen LogP contribution in [0.4, 0.5) is 0 Å². The zero-order chi connectivity index (χ0) is 10.3. The largest absolute Gasteiger partial charge is 0.353 e. The third-order valence-corrected chi connectivity index (χ3v) is 3.66. The molecule has 3 unspecified atom stereocenters. The quantitative estimate of drug-likeness (QED) is 0.667. The molecule has 1 N–H and O–H groups in total. The molecule has 2 bridgehead atoms. The van der Waals surface area contributed by atoms with Gasteiger partial charge in [-0.2, -0.15) is 0 Å². The summed E-state index contributed by atoms with van der Waals surface area (Å²) in [7, 11) is 0. The van der Waals surface area contributed by atoms with E-state index in [1.54, 1.807) is 6.92 Å². The van der Waals surface area contributed by atoms with Crippen LogP contribution in [0.15, 0.2) is 12.2 Å². The summed E-state index contributed by atoms with van der Waals surface area (Å²) in [6, 6.07) is 0.391. The van der Waals surface area contributed by atoms with Crippen LogP contribution >= 0.6 is 0 Å². The standard InChI is InChI=1S/C12H19NO/c1-7(2)11-9-4-5-10(6-9)12(11)13-8(3)14/h4-5,7,9-12H,6H2,1-3H3,(H,13,14)/t9?,10?,11-,12?/m1/s1. The first-order chi connectivity index (χ1) is 6.59. The normalized spacial score (nSPS) is 39.4. The topological polar surface area (TPSA) is 29.1 Å². The fraction of sp³-hybridized carbons (Fsp3) is 0.750. The van der Waals surface area contributed by atoms with Gasteiger partial charge in [-0.15, -0.1) is 0 Å². The summed E-state index contributed by atoms with van der Waals surface area (Å²) in [5.74, 6) is 2.72. The van der Waals surface area contributed by atoms with Gasteiger partial charge in [-0.1, -0.05) is 26.0 Å². The van der Waals surface area contributed by atoms with Crippen LogP contribution in [0.25, 0.3) is 0 Å². The summed E-state index contributed by atoms with van der Waals surface area (Å²) in [6.07, 6.45) is 5.87. The monoisotopic (exact) mass is 193 g/mol. The van der Waals surface area contributed by atoms with Crippen LogP contribution in [0.2, 0.25) is 0 Å². The predicted octanol–water partition coefficient (Wildman–Crippen LogP) is 1.97. The van der Waals surface area contributed by atoms with Crippen LogP contribution in [0.5, 0.6) is 0 Å². The van der Waals surface area contributed by atoms with Gasteiger partial charge in [0.1, 0.15) is 0 Å². The lowest BCUT2D eigenvalue weighted by Gasteiger charge is -2.31. The molecule has 4 atom stereocenters. The van der Waals surface area contributed by atoms with Crippen molar-refractivity contribution in [2.75, 3.05) is 0 Å². The Kier molecular flexibility index (Phi) is 2.38. The lowest BCUT2D eigenvalue weighted by molar-refractivity contribution is -0.120. The molecule has 2 heteroatoms. The third-order valence-electron chi connectivity index (χ3n) is 3.66. The minimum atomic E-state index is 0.113. The van der Waals surface area contributed by atoms with E-state index >= 15 is 0 Å². The van der Waals surface area contributed by atoms with E-state index in [2.05, 4.69) is 31.3 Å². The van der Waals surface area contributed by atoms with E-state index in [1.807, 2.05) is 0 Å². The molecule has 0 radical (unpaired) electrons. The van der Waals surface area contributed by atoms with Gasteiger partial charge in [0, 0.05) is 13.0 Å². The van der Waals surface area contributed by atoms with Crippen molar-refractivity contribution in [3.63, 3.8) is 0 Å². The van der Waals surface area contributed by atoms with Crippen molar-refractivity contribution < 1.29 is 4.79 Å². The highest BCUT2D eigenvalue weighted by molar-refractivity contribution is 5.73. The molecule has 2 rings (SSSR count). The molecule has 0 heterocycles. The lowest BCUT2D eigenvalue weighted by Crippen LogP contribution is -2.43. The first-order valence-corrected chi connectivity index (χ1v) is 5.55. The molecule has 2 nitrogen and oxygen atoms in total. The molecule has 0 spiro atoms. The van der Waals surface area contributed by atoms with Crippen LogP contribution < -0.4 is 5.32 Å². The Labute approximate surface area is 85.8 Å². The molecule has 2 aliphatic rings. The minimum absolute atomic E-state index is 0.113. The summed E-state index contributed by atoms with van der Waals surface area (Å²) in [5.41, 5.74) is 0. The Balaban J connectivity index is 2.14. The molecule has 0 aromatic rings. The third kappa shape index (κ3) is 1.47. The van der Waals surface area contributed by atoms with Gasteiger partial charge in [0.25, 0.3) is 0 Å². The van der Waals surface area contributed by atoms with Gasteiger partial charge in [-0.05, 0) is 30.1 Å². The van der Waals surface area contributed by atoms with E-state index in [-0.39, 0.29) is 5.91 Å². The number of amides is 1. The van der Waals surface area contributed by atoms with Crippen LogP contribution in [0.3, 0.4) is 0 Å². The number of hydrogen-bond acceptors (Lipinski definition) is 1. The van der Waals surface area contributed by atoms with Gasteiger partial charge in [0.2, 0.25) is 5.91 Å². The zero-order valence-electron chi connectivity index (χ0n) is 9.16. The van der Waals surface area contributed by atoms with Gasteiger partial charge in [-0.25, -0.2) is 0 Å². The van der Waals surface area contributed by atoms with Gasteiger partial charge >= 0.3 is 0 Å². The van der Waals surface area contributed by atoms with Gasteiger partial charge in [-0.3, -0.25) is 4.79 Å². The Morgan fingerprint density at radius 2 is 2.00 bits per heavy atom. The van der Waals surface area contributed by atoms with E-state index in [4.69, 9.17) is 0 Å². The smallest absolute Gasteiger partial charge is 0.217 e. The molecule has 0 aliphatic heterocycles. The SMILES string of the molecule is CC(=O)NC1C2C=CC(C2)[C@H]1C(C)C. The molecule has 0 aromatic heterocycles. The average molecular weight is 193 g/mol.